The molecule has 1 aliphatic heterocycles. The molecule has 1 saturated heterocycles. The lowest BCUT2D eigenvalue weighted by Gasteiger charge is -2.34. The highest BCUT2D eigenvalue weighted by Gasteiger charge is 2.33. The van der Waals surface area contributed by atoms with Gasteiger partial charge in [-0.2, -0.15) is 0 Å². The molecule has 1 unspecified atom stereocenters. The van der Waals surface area contributed by atoms with Gasteiger partial charge in [0.1, 0.15) is 5.75 Å². The molecule has 1 aromatic heterocycles. The van der Waals surface area contributed by atoms with Gasteiger partial charge in [0.25, 0.3) is 5.91 Å². The largest absolute Gasteiger partial charge is 0.508 e. The maximum absolute atomic E-state index is 12.6. The van der Waals surface area contributed by atoms with Crippen molar-refractivity contribution in [3.8, 4) is 5.75 Å². The molecule has 1 aromatic carbocycles. The number of benzene rings is 1. The van der Waals surface area contributed by atoms with Gasteiger partial charge >= 0.3 is 0 Å². The van der Waals surface area contributed by atoms with Crippen LogP contribution in [0.1, 0.15) is 41.5 Å². The fourth-order valence-corrected chi connectivity index (χ4v) is 2.79. The molecule has 23 heavy (non-hydrogen) atoms. The second-order valence-corrected chi connectivity index (χ2v) is 5.49. The molecule has 0 spiro atoms. The number of piperidine rings is 1. The Labute approximate surface area is 133 Å². The smallest absolute Gasteiger partial charge is 0.295 e. The van der Waals surface area contributed by atoms with Gasteiger partial charge in [0, 0.05) is 24.5 Å². The van der Waals surface area contributed by atoms with Crippen LogP contribution < -0.4 is 0 Å². The number of aromatic nitrogens is 2. The number of nitrogens with zero attached hydrogens (tertiary/aromatic N) is 3. The Morgan fingerprint density at radius 2 is 1.78 bits per heavy atom. The summed E-state index contributed by atoms with van der Waals surface area (Å²) < 4.78 is 0. The maximum atomic E-state index is 12.6. The van der Waals surface area contributed by atoms with Gasteiger partial charge in [-0.05, 0) is 49.6 Å². The number of ketones is 1. The number of phenolic OH excluding ortho intramolecular Hbond substituents is 1. The number of hydrogen-bond acceptors (Lipinski definition) is 5. The summed E-state index contributed by atoms with van der Waals surface area (Å²) in [5.74, 6) is -0.498. The van der Waals surface area contributed by atoms with Crippen molar-refractivity contribution < 1.29 is 14.7 Å². The van der Waals surface area contributed by atoms with E-state index in [-0.39, 0.29) is 17.4 Å². The van der Waals surface area contributed by atoms with E-state index in [2.05, 4.69) is 9.97 Å². The van der Waals surface area contributed by atoms with Gasteiger partial charge in [-0.3, -0.25) is 9.59 Å². The molecule has 6 heteroatoms. The predicted octanol–water partition coefficient (Wildman–Crippen LogP) is 2.12. The lowest BCUT2D eigenvalue weighted by Crippen LogP contribution is -2.42. The molecular weight excluding hydrogens is 294 g/mol. The zero-order valence-electron chi connectivity index (χ0n) is 12.6. The second kappa shape index (κ2) is 6.56. The first-order chi connectivity index (χ1) is 11.2. The van der Waals surface area contributed by atoms with Gasteiger partial charge in [0.05, 0.1) is 6.04 Å². The number of carbonyl (C=O) groups excluding carboxylic acids is 2. The zero-order chi connectivity index (χ0) is 16.2. The quantitative estimate of drug-likeness (QED) is 0.693. The topological polar surface area (TPSA) is 83.4 Å². The normalized spacial score (nSPS) is 17.7. The van der Waals surface area contributed by atoms with Crippen LogP contribution in [0.4, 0.5) is 0 Å². The monoisotopic (exact) mass is 311 g/mol. The van der Waals surface area contributed by atoms with Gasteiger partial charge < -0.3 is 10.0 Å². The third kappa shape index (κ3) is 3.21. The number of amides is 1. The first-order valence-corrected chi connectivity index (χ1v) is 7.58. The van der Waals surface area contributed by atoms with E-state index >= 15 is 0 Å². The highest BCUT2D eigenvalue weighted by Crippen LogP contribution is 2.29. The number of rotatable bonds is 3. The van der Waals surface area contributed by atoms with E-state index < -0.39 is 11.7 Å². The summed E-state index contributed by atoms with van der Waals surface area (Å²) in [5.41, 5.74) is 0.270. The van der Waals surface area contributed by atoms with Gasteiger partial charge in [-0.1, -0.05) is 0 Å². The first kappa shape index (κ1) is 15.1. The summed E-state index contributed by atoms with van der Waals surface area (Å²) in [6.07, 6.45) is 5.86. The predicted molar refractivity (Wildman–Crippen MR) is 82.8 cm³/mol. The van der Waals surface area contributed by atoms with Crippen molar-refractivity contribution in [1.29, 1.82) is 0 Å². The van der Waals surface area contributed by atoms with Crippen LogP contribution >= 0.6 is 0 Å². The van der Waals surface area contributed by atoms with E-state index in [9.17, 15) is 14.7 Å². The minimum Gasteiger partial charge on any atom is -0.508 e. The van der Waals surface area contributed by atoms with Crippen molar-refractivity contribution in [3.63, 3.8) is 0 Å². The van der Waals surface area contributed by atoms with Crippen LogP contribution in [0.25, 0.3) is 0 Å². The molecule has 1 fully saturated rings. The van der Waals surface area contributed by atoms with E-state index in [0.717, 1.165) is 19.3 Å². The van der Waals surface area contributed by atoms with Gasteiger partial charge in [0.15, 0.2) is 5.82 Å². The zero-order valence-corrected chi connectivity index (χ0v) is 12.6. The molecule has 2 heterocycles. The molecule has 3 rings (SSSR count). The highest BCUT2D eigenvalue weighted by molar-refractivity contribution is 6.42. The van der Waals surface area contributed by atoms with Crippen LogP contribution in [0.3, 0.4) is 0 Å². The van der Waals surface area contributed by atoms with E-state index in [1.807, 2.05) is 0 Å². The number of hydrogen-bond donors (Lipinski definition) is 1. The van der Waals surface area contributed by atoms with Crippen molar-refractivity contribution in [2.45, 2.75) is 25.3 Å². The van der Waals surface area contributed by atoms with Crippen LogP contribution in [0.5, 0.6) is 5.75 Å². The van der Waals surface area contributed by atoms with Gasteiger partial charge in [-0.15, -0.1) is 0 Å². The summed E-state index contributed by atoms with van der Waals surface area (Å²) in [6.45, 7) is 0.519. The Bertz CT molecular complexity index is 701. The van der Waals surface area contributed by atoms with Gasteiger partial charge in [0.2, 0.25) is 5.78 Å². The molecule has 1 atom stereocenters. The van der Waals surface area contributed by atoms with Crippen LogP contribution in [0.2, 0.25) is 0 Å². The summed E-state index contributed by atoms with van der Waals surface area (Å²) in [6, 6.07) is 7.16. The Hall–Kier alpha value is -2.76. The van der Waals surface area contributed by atoms with Crippen molar-refractivity contribution in [2.75, 3.05) is 6.54 Å². The second-order valence-electron chi connectivity index (χ2n) is 5.49. The average molecular weight is 311 g/mol. The Balaban J connectivity index is 1.84. The molecule has 1 aliphatic rings. The Morgan fingerprint density at radius 1 is 1.09 bits per heavy atom. The molecule has 0 aliphatic carbocycles. The molecule has 118 valence electrons. The van der Waals surface area contributed by atoms with Crippen molar-refractivity contribution in [3.05, 3.63) is 54.1 Å². The first-order valence-electron chi connectivity index (χ1n) is 7.58. The van der Waals surface area contributed by atoms with E-state index in [0.29, 0.717) is 12.4 Å². The summed E-state index contributed by atoms with van der Waals surface area (Å²) in [7, 11) is 0. The molecule has 6 nitrogen and oxygen atoms in total. The lowest BCUT2D eigenvalue weighted by atomic mass is 9.99. The van der Waals surface area contributed by atoms with E-state index in [4.69, 9.17) is 0 Å². The van der Waals surface area contributed by atoms with Crippen LogP contribution in [-0.4, -0.2) is 38.2 Å². The molecule has 0 saturated carbocycles. The van der Waals surface area contributed by atoms with E-state index in [1.165, 1.54) is 24.3 Å². The maximum Gasteiger partial charge on any atom is 0.295 e. The lowest BCUT2D eigenvalue weighted by molar-refractivity contribution is -0.130. The third-order valence-corrected chi connectivity index (χ3v) is 3.97. The summed E-state index contributed by atoms with van der Waals surface area (Å²) >= 11 is 0. The van der Waals surface area contributed by atoms with Crippen LogP contribution in [-0.2, 0) is 4.79 Å². The molecule has 0 radical (unpaired) electrons. The number of aromatic hydroxyl groups is 1. The summed E-state index contributed by atoms with van der Waals surface area (Å²) in [4.78, 5) is 35.1. The van der Waals surface area contributed by atoms with Crippen molar-refractivity contribution in [2.24, 2.45) is 0 Å². The minimum absolute atomic E-state index is 0.0579. The van der Waals surface area contributed by atoms with Crippen LogP contribution in [0.15, 0.2) is 42.7 Å². The van der Waals surface area contributed by atoms with E-state index in [1.54, 1.807) is 23.4 Å². The summed E-state index contributed by atoms with van der Waals surface area (Å²) in [5, 5.41) is 9.29. The molecule has 0 bridgehead atoms. The molecule has 1 amide bonds. The van der Waals surface area contributed by atoms with Crippen molar-refractivity contribution >= 4 is 11.7 Å². The molecule has 1 N–H and O–H groups in total. The SMILES string of the molecule is O=C(C(=O)N1CCCCC1c1ncccn1)c1ccc(O)cc1. The number of Topliss-reactive ketones (excluding diaryl/α,β-unsaturated/α-hetero) is 1. The number of carbonyl (C=O) groups is 2. The average Bonchev–Trinajstić information content (AvgIpc) is 2.62. The Kier molecular flexibility index (Phi) is 4.32. The van der Waals surface area contributed by atoms with Crippen LogP contribution in [0, 0.1) is 0 Å². The van der Waals surface area contributed by atoms with Crippen molar-refractivity contribution in [1.82, 2.24) is 14.9 Å². The third-order valence-electron chi connectivity index (χ3n) is 3.97. The molecule has 2 aromatic rings. The van der Waals surface area contributed by atoms with Gasteiger partial charge in [-0.25, -0.2) is 9.97 Å². The highest BCUT2D eigenvalue weighted by atomic mass is 16.3. The fraction of sp³-hybridized carbons (Fsp3) is 0.294. The molecular formula is C17H17N3O3. The Morgan fingerprint density at radius 3 is 2.48 bits per heavy atom. The minimum atomic E-state index is -0.576. The number of likely N-dealkylation sites (tertiary alicyclic amines) is 1. The standard InChI is InChI=1S/C17H17N3O3/c21-13-7-5-12(6-8-13)15(22)17(23)20-11-2-1-4-14(20)16-18-9-3-10-19-16/h3,5-10,14,21H,1-2,4,11H2. The number of phenols is 1. The fourth-order valence-electron chi connectivity index (χ4n) is 2.79.